The molecule has 7 heteroatoms. The van der Waals surface area contributed by atoms with Gasteiger partial charge in [-0.2, -0.15) is 0 Å². The zero-order valence-electron chi connectivity index (χ0n) is 15.8. The van der Waals surface area contributed by atoms with E-state index < -0.39 is 4.92 Å². The van der Waals surface area contributed by atoms with Gasteiger partial charge in [0.25, 0.3) is 5.69 Å². The van der Waals surface area contributed by atoms with Crippen molar-refractivity contribution in [2.45, 2.75) is 52.5 Å². The average molecular weight is 360 g/mol. The highest BCUT2D eigenvalue weighted by molar-refractivity contribution is 5.79. The lowest BCUT2D eigenvalue weighted by molar-refractivity contribution is -0.385. The van der Waals surface area contributed by atoms with E-state index in [4.69, 9.17) is 0 Å². The number of amides is 1. The Balaban J connectivity index is 1.56. The molecule has 1 N–H and O–H groups in total. The van der Waals surface area contributed by atoms with Crippen LogP contribution in [0, 0.1) is 27.4 Å². The number of pyridine rings is 1. The second-order valence-electron chi connectivity index (χ2n) is 8.68. The van der Waals surface area contributed by atoms with Crippen molar-refractivity contribution in [3.05, 3.63) is 28.4 Å². The van der Waals surface area contributed by atoms with E-state index in [1.54, 1.807) is 6.07 Å². The molecule has 2 aliphatic rings. The maximum atomic E-state index is 13.0. The standard InChI is InChI=1S/C19H28N4O3/c1-13-8-14(10-19(2,3)9-13)18(24)22-7-6-15(12-22)21-17-5-4-16(11-20-17)23(25)26/h4-5,11,13-15H,6-10,12H2,1-3H3,(H,20,21). The summed E-state index contributed by atoms with van der Waals surface area (Å²) in [5, 5.41) is 14.0. The van der Waals surface area contributed by atoms with E-state index in [2.05, 4.69) is 31.1 Å². The van der Waals surface area contributed by atoms with Crippen molar-refractivity contribution >= 4 is 17.4 Å². The summed E-state index contributed by atoms with van der Waals surface area (Å²) < 4.78 is 0. The minimum atomic E-state index is -0.459. The molecule has 1 saturated heterocycles. The van der Waals surface area contributed by atoms with Gasteiger partial charge in [0.05, 0.1) is 4.92 Å². The van der Waals surface area contributed by atoms with Crippen molar-refractivity contribution in [1.82, 2.24) is 9.88 Å². The zero-order valence-corrected chi connectivity index (χ0v) is 15.8. The Bertz CT molecular complexity index is 674. The minimum absolute atomic E-state index is 0.0205. The van der Waals surface area contributed by atoms with Gasteiger partial charge in [-0.3, -0.25) is 14.9 Å². The average Bonchev–Trinajstić information content (AvgIpc) is 3.01. The maximum absolute atomic E-state index is 13.0. The van der Waals surface area contributed by atoms with Crippen LogP contribution in [-0.4, -0.2) is 39.8 Å². The molecular weight excluding hydrogens is 332 g/mol. The van der Waals surface area contributed by atoms with E-state index in [0.717, 1.165) is 25.8 Å². The second kappa shape index (κ2) is 7.21. The van der Waals surface area contributed by atoms with Crippen molar-refractivity contribution in [3.63, 3.8) is 0 Å². The quantitative estimate of drug-likeness (QED) is 0.656. The maximum Gasteiger partial charge on any atom is 0.287 e. The summed E-state index contributed by atoms with van der Waals surface area (Å²) in [6, 6.07) is 3.20. The number of anilines is 1. The van der Waals surface area contributed by atoms with Crippen molar-refractivity contribution in [1.29, 1.82) is 0 Å². The molecule has 7 nitrogen and oxygen atoms in total. The number of hydrogen-bond acceptors (Lipinski definition) is 5. The Kier molecular flexibility index (Phi) is 5.16. The Morgan fingerprint density at radius 2 is 2.15 bits per heavy atom. The fraction of sp³-hybridized carbons (Fsp3) is 0.684. The molecule has 0 aromatic carbocycles. The summed E-state index contributed by atoms with van der Waals surface area (Å²) in [7, 11) is 0. The van der Waals surface area contributed by atoms with Crippen LogP contribution in [0.5, 0.6) is 0 Å². The monoisotopic (exact) mass is 360 g/mol. The third kappa shape index (κ3) is 4.31. The first-order chi connectivity index (χ1) is 12.2. The molecule has 1 aromatic rings. The van der Waals surface area contributed by atoms with Gasteiger partial charge in [-0.05, 0) is 43.1 Å². The third-order valence-electron chi connectivity index (χ3n) is 5.55. The van der Waals surface area contributed by atoms with Crippen LogP contribution in [0.2, 0.25) is 0 Å². The van der Waals surface area contributed by atoms with Crippen LogP contribution >= 0.6 is 0 Å². The van der Waals surface area contributed by atoms with E-state index in [1.807, 2.05) is 4.90 Å². The zero-order chi connectivity index (χ0) is 18.9. The summed E-state index contributed by atoms with van der Waals surface area (Å²) in [4.78, 5) is 29.3. The first-order valence-electron chi connectivity index (χ1n) is 9.39. The molecule has 0 bridgehead atoms. The summed E-state index contributed by atoms with van der Waals surface area (Å²) in [5.74, 6) is 1.62. The lowest BCUT2D eigenvalue weighted by Crippen LogP contribution is -2.41. The lowest BCUT2D eigenvalue weighted by atomic mass is 9.67. The smallest absolute Gasteiger partial charge is 0.287 e. The fourth-order valence-corrected chi connectivity index (χ4v) is 4.66. The van der Waals surface area contributed by atoms with Gasteiger partial charge >= 0.3 is 0 Å². The van der Waals surface area contributed by atoms with E-state index in [-0.39, 0.29) is 29.0 Å². The summed E-state index contributed by atoms with van der Waals surface area (Å²) in [6.45, 7) is 8.20. The van der Waals surface area contributed by atoms with Gasteiger partial charge in [-0.1, -0.05) is 20.8 Å². The number of hydrogen-bond donors (Lipinski definition) is 1. The van der Waals surface area contributed by atoms with Gasteiger partial charge in [0.15, 0.2) is 0 Å². The molecule has 1 saturated carbocycles. The molecule has 1 amide bonds. The molecule has 1 aliphatic carbocycles. The van der Waals surface area contributed by atoms with Gasteiger partial charge in [-0.15, -0.1) is 0 Å². The Labute approximate surface area is 154 Å². The molecule has 142 valence electrons. The molecule has 2 heterocycles. The Morgan fingerprint density at radius 3 is 2.77 bits per heavy atom. The first-order valence-corrected chi connectivity index (χ1v) is 9.39. The predicted molar refractivity (Wildman–Crippen MR) is 99.8 cm³/mol. The van der Waals surface area contributed by atoms with E-state index in [0.29, 0.717) is 18.3 Å². The number of aromatic nitrogens is 1. The highest BCUT2D eigenvalue weighted by atomic mass is 16.6. The highest BCUT2D eigenvalue weighted by Gasteiger charge is 2.38. The van der Waals surface area contributed by atoms with Gasteiger partial charge < -0.3 is 10.2 Å². The lowest BCUT2D eigenvalue weighted by Gasteiger charge is -2.39. The minimum Gasteiger partial charge on any atom is -0.365 e. The Morgan fingerprint density at radius 1 is 1.38 bits per heavy atom. The number of nitrogens with zero attached hydrogens (tertiary/aromatic N) is 3. The third-order valence-corrected chi connectivity index (χ3v) is 5.55. The molecule has 26 heavy (non-hydrogen) atoms. The number of nitro groups is 1. The second-order valence-corrected chi connectivity index (χ2v) is 8.68. The fourth-order valence-electron chi connectivity index (χ4n) is 4.66. The summed E-state index contributed by atoms with van der Waals surface area (Å²) in [5.41, 5.74) is 0.214. The molecular formula is C19H28N4O3. The van der Waals surface area contributed by atoms with E-state index >= 15 is 0 Å². The van der Waals surface area contributed by atoms with Crippen LogP contribution in [0.1, 0.15) is 46.5 Å². The van der Waals surface area contributed by atoms with Gasteiger partial charge in [0.1, 0.15) is 12.0 Å². The topological polar surface area (TPSA) is 88.4 Å². The predicted octanol–water partition coefficient (Wildman–Crippen LogP) is 3.47. The number of rotatable bonds is 4. The number of nitrogens with one attached hydrogen (secondary N) is 1. The van der Waals surface area contributed by atoms with Crippen LogP contribution in [0.25, 0.3) is 0 Å². The molecule has 2 fully saturated rings. The summed E-state index contributed by atoms with van der Waals surface area (Å²) in [6.07, 6.45) is 5.27. The highest BCUT2D eigenvalue weighted by Crippen LogP contribution is 2.42. The number of carbonyl (C=O) groups excluding carboxylic acids is 1. The number of likely N-dealkylation sites (tertiary alicyclic amines) is 1. The van der Waals surface area contributed by atoms with Crippen LogP contribution in [0.3, 0.4) is 0 Å². The Hall–Kier alpha value is -2.18. The van der Waals surface area contributed by atoms with Gasteiger partial charge in [-0.25, -0.2) is 4.98 Å². The van der Waals surface area contributed by atoms with Crippen molar-refractivity contribution < 1.29 is 9.72 Å². The van der Waals surface area contributed by atoms with E-state index in [9.17, 15) is 14.9 Å². The van der Waals surface area contributed by atoms with Crippen molar-refractivity contribution in [2.24, 2.45) is 17.3 Å². The van der Waals surface area contributed by atoms with Crippen LogP contribution in [-0.2, 0) is 4.79 Å². The molecule has 3 atom stereocenters. The van der Waals surface area contributed by atoms with Crippen LogP contribution in [0.15, 0.2) is 18.3 Å². The van der Waals surface area contributed by atoms with E-state index in [1.165, 1.54) is 18.7 Å². The van der Waals surface area contributed by atoms with Gasteiger partial charge in [0.2, 0.25) is 5.91 Å². The summed E-state index contributed by atoms with van der Waals surface area (Å²) >= 11 is 0. The SMILES string of the molecule is CC1CC(C(=O)N2CCC(Nc3ccc([N+](=O)[O-])cn3)C2)CC(C)(C)C1. The van der Waals surface area contributed by atoms with Crippen LogP contribution < -0.4 is 5.32 Å². The molecule has 0 radical (unpaired) electrons. The van der Waals surface area contributed by atoms with Gasteiger partial charge in [0, 0.05) is 31.1 Å². The molecule has 3 rings (SSSR count). The molecule has 1 aromatic heterocycles. The van der Waals surface area contributed by atoms with Crippen LogP contribution in [0.4, 0.5) is 11.5 Å². The number of carbonyl (C=O) groups is 1. The molecule has 0 spiro atoms. The molecule has 3 unspecified atom stereocenters. The van der Waals surface area contributed by atoms with Crippen molar-refractivity contribution in [2.75, 3.05) is 18.4 Å². The first kappa shape index (κ1) is 18.6. The van der Waals surface area contributed by atoms with Crippen molar-refractivity contribution in [3.8, 4) is 0 Å². The normalized spacial score (nSPS) is 28.0. The largest absolute Gasteiger partial charge is 0.365 e. The molecule has 1 aliphatic heterocycles.